The van der Waals surface area contributed by atoms with E-state index in [0.29, 0.717) is 15.8 Å². The van der Waals surface area contributed by atoms with Crippen molar-refractivity contribution >= 4 is 39.1 Å². The van der Waals surface area contributed by atoms with Crippen LogP contribution in [0.25, 0.3) is 0 Å². The highest BCUT2D eigenvalue weighted by molar-refractivity contribution is 9.09. The van der Waals surface area contributed by atoms with Crippen LogP contribution in [0.5, 0.6) is 0 Å². The lowest BCUT2D eigenvalue weighted by Gasteiger charge is -2.35. The van der Waals surface area contributed by atoms with E-state index in [4.69, 9.17) is 23.2 Å². The van der Waals surface area contributed by atoms with Crippen molar-refractivity contribution in [2.75, 3.05) is 0 Å². The van der Waals surface area contributed by atoms with Gasteiger partial charge >= 0.3 is 0 Å². The lowest BCUT2D eigenvalue weighted by molar-refractivity contribution is 0.223. The van der Waals surface area contributed by atoms with E-state index >= 15 is 0 Å². The average molecular weight is 364 g/mol. The van der Waals surface area contributed by atoms with Crippen LogP contribution >= 0.6 is 39.1 Å². The summed E-state index contributed by atoms with van der Waals surface area (Å²) in [6.45, 7) is 4.67. The third-order valence-corrected chi connectivity index (χ3v) is 6.45. The molecule has 0 aliphatic heterocycles. The fourth-order valence-corrected chi connectivity index (χ4v) is 4.13. The first kappa shape index (κ1) is 15.7. The maximum absolute atomic E-state index is 6.31. The quantitative estimate of drug-likeness (QED) is 0.547. The van der Waals surface area contributed by atoms with Gasteiger partial charge in [-0.1, -0.05) is 65.1 Å². The molecule has 0 aromatic heterocycles. The molecule has 1 aromatic carbocycles. The predicted octanol–water partition coefficient (Wildman–Crippen LogP) is 6.37. The van der Waals surface area contributed by atoms with Gasteiger partial charge in [-0.05, 0) is 55.1 Å². The summed E-state index contributed by atoms with van der Waals surface area (Å²) in [6, 6.07) is 5.96. The SMILES string of the molecule is CC(C)C1CCC(Br)C(Cc2cccc(Cl)c2Cl)C1. The fourth-order valence-electron chi connectivity index (χ4n) is 3.07. The van der Waals surface area contributed by atoms with Gasteiger partial charge in [-0.3, -0.25) is 0 Å². The Bertz CT molecular complexity index is 431. The third-order valence-electron chi connectivity index (χ3n) is 4.39. The van der Waals surface area contributed by atoms with Gasteiger partial charge in [-0.25, -0.2) is 0 Å². The summed E-state index contributed by atoms with van der Waals surface area (Å²) in [4.78, 5) is 0.609. The van der Waals surface area contributed by atoms with Gasteiger partial charge in [-0.2, -0.15) is 0 Å². The number of hydrogen-bond donors (Lipinski definition) is 0. The van der Waals surface area contributed by atoms with E-state index in [1.807, 2.05) is 12.1 Å². The molecule has 1 fully saturated rings. The number of hydrogen-bond acceptors (Lipinski definition) is 0. The van der Waals surface area contributed by atoms with Crippen LogP contribution in [0.3, 0.4) is 0 Å². The molecular formula is C16H21BrCl2. The van der Waals surface area contributed by atoms with Crippen LogP contribution in [0, 0.1) is 17.8 Å². The molecule has 3 heteroatoms. The smallest absolute Gasteiger partial charge is 0.0624 e. The second-order valence-electron chi connectivity index (χ2n) is 6.01. The Labute approximate surface area is 135 Å². The van der Waals surface area contributed by atoms with Crippen molar-refractivity contribution in [3.05, 3.63) is 33.8 Å². The fraction of sp³-hybridized carbons (Fsp3) is 0.625. The second kappa shape index (κ2) is 6.83. The highest BCUT2D eigenvalue weighted by Crippen LogP contribution is 2.40. The van der Waals surface area contributed by atoms with E-state index in [-0.39, 0.29) is 0 Å². The first-order valence-electron chi connectivity index (χ1n) is 7.06. The van der Waals surface area contributed by atoms with Crippen LogP contribution in [-0.2, 0) is 6.42 Å². The van der Waals surface area contributed by atoms with Crippen LogP contribution in [0.4, 0.5) is 0 Å². The second-order valence-corrected chi connectivity index (χ2v) is 7.97. The van der Waals surface area contributed by atoms with Crippen molar-refractivity contribution in [3.8, 4) is 0 Å². The van der Waals surface area contributed by atoms with Crippen LogP contribution in [0.2, 0.25) is 10.0 Å². The Balaban J connectivity index is 2.10. The van der Waals surface area contributed by atoms with Crippen molar-refractivity contribution in [3.63, 3.8) is 0 Å². The van der Waals surface area contributed by atoms with Crippen LogP contribution in [0.1, 0.15) is 38.7 Å². The number of benzene rings is 1. The topological polar surface area (TPSA) is 0 Å². The molecule has 106 valence electrons. The first-order valence-corrected chi connectivity index (χ1v) is 8.73. The Hall–Kier alpha value is 0.280. The monoisotopic (exact) mass is 362 g/mol. The van der Waals surface area contributed by atoms with E-state index in [1.165, 1.54) is 24.8 Å². The van der Waals surface area contributed by atoms with Gasteiger partial charge in [0.25, 0.3) is 0 Å². The molecule has 0 saturated heterocycles. The molecule has 1 aromatic rings. The number of alkyl halides is 1. The van der Waals surface area contributed by atoms with Crippen LogP contribution < -0.4 is 0 Å². The summed E-state index contributed by atoms with van der Waals surface area (Å²) in [5.41, 5.74) is 1.19. The summed E-state index contributed by atoms with van der Waals surface area (Å²) in [5.74, 6) is 2.28. The van der Waals surface area contributed by atoms with Crippen molar-refractivity contribution in [2.24, 2.45) is 17.8 Å². The first-order chi connectivity index (χ1) is 8.99. The van der Waals surface area contributed by atoms with Gasteiger partial charge in [0.15, 0.2) is 0 Å². The van der Waals surface area contributed by atoms with Crippen LogP contribution in [0.15, 0.2) is 18.2 Å². The molecule has 1 saturated carbocycles. The zero-order valence-electron chi connectivity index (χ0n) is 11.5. The molecule has 3 unspecified atom stereocenters. The highest BCUT2D eigenvalue weighted by Gasteiger charge is 2.30. The van der Waals surface area contributed by atoms with Crippen molar-refractivity contribution in [1.82, 2.24) is 0 Å². The molecule has 0 amide bonds. The molecule has 3 atom stereocenters. The lowest BCUT2D eigenvalue weighted by Crippen LogP contribution is -2.29. The average Bonchev–Trinajstić information content (AvgIpc) is 2.37. The maximum atomic E-state index is 6.31. The predicted molar refractivity (Wildman–Crippen MR) is 88.6 cm³/mol. The van der Waals surface area contributed by atoms with Crippen LogP contribution in [-0.4, -0.2) is 4.83 Å². The molecule has 1 aliphatic carbocycles. The van der Waals surface area contributed by atoms with E-state index in [2.05, 4.69) is 35.8 Å². The molecule has 0 N–H and O–H groups in total. The Morgan fingerprint density at radius 2 is 2.00 bits per heavy atom. The molecule has 0 spiro atoms. The van der Waals surface area contributed by atoms with Gasteiger partial charge in [0.05, 0.1) is 10.0 Å². The minimum Gasteiger partial charge on any atom is -0.0888 e. The third kappa shape index (κ3) is 3.89. The standard InChI is InChI=1S/C16H21BrCl2/c1-10(2)11-6-7-14(17)13(8-11)9-12-4-3-5-15(18)16(12)19/h3-5,10-11,13-14H,6-9H2,1-2H3. The Kier molecular flexibility index (Phi) is 5.63. The van der Waals surface area contributed by atoms with E-state index in [0.717, 1.165) is 23.3 Å². The van der Waals surface area contributed by atoms with E-state index in [1.54, 1.807) is 0 Å². The highest BCUT2D eigenvalue weighted by atomic mass is 79.9. The summed E-state index contributed by atoms with van der Waals surface area (Å²) in [5, 5.41) is 1.40. The van der Waals surface area contributed by atoms with Gasteiger partial charge in [-0.15, -0.1) is 0 Å². The molecule has 2 rings (SSSR count). The van der Waals surface area contributed by atoms with Gasteiger partial charge in [0.2, 0.25) is 0 Å². The Morgan fingerprint density at radius 3 is 2.68 bits per heavy atom. The number of halogens is 3. The van der Waals surface area contributed by atoms with E-state index in [9.17, 15) is 0 Å². The molecule has 0 radical (unpaired) electrons. The molecule has 0 bridgehead atoms. The molecular weight excluding hydrogens is 343 g/mol. The molecule has 1 aliphatic rings. The summed E-state index contributed by atoms with van der Waals surface area (Å²) in [7, 11) is 0. The van der Waals surface area contributed by atoms with Gasteiger partial charge < -0.3 is 0 Å². The van der Waals surface area contributed by atoms with Crippen molar-refractivity contribution in [1.29, 1.82) is 0 Å². The maximum Gasteiger partial charge on any atom is 0.0624 e. The summed E-state index contributed by atoms with van der Waals surface area (Å²) < 4.78 is 0. The molecule has 19 heavy (non-hydrogen) atoms. The summed E-state index contributed by atoms with van der Waals surface area (Å²) in [6.07, 6.45) is 4.92. The number of rotatable bonds is 3. The lowest BCUT2D eigenvalue weighted by atomic mass is 9.74. The minimum atomic E-state index is 0.609. The van der Waals surface area contributed by atoms with Crippen molar-refractivity contribution < 1.29 is 0 Å². The zero-order chi connectivity index (χ0) is 14.0. The molecule has 0 heterocycles. The largest absolute Gasteiger partial charge is 0.0888 e. The normalized spacial score (nSPS) is 27.8. The Morgan fingerprint density at radius 1 is 1.26 bits per heavy atom. The summed E-state index contributed by atoms with van der Waals surface area (Å²) >= 11 is 16.3. The van der Waals surface area contributed by atoms with Gasteiger partial charge in [0.1, 0.15) is 0 Å². The van der Waals surface area contributed by atoms with Crippen molar-refractivity contribution in [2.45, 2.75) is 44.4 Å². The minimum absolute atomic E-state index is 0.609. The van der Waals surface area contributed by atoms with E-state index < -0.39 is 0 Å². The van der Waals surface area contributed by atoms with Gasteiger partial charge in [0, 0.05) is 4.83 Å². The molecule has 0 nitrogen and oxygen atoms in total. The zero-order valence-corrected chi connectivity index (χ0v) is 14.6.